The van der Waals surface area contributed by atoms with Crippen molar-refractivity contribution in [2.45, 2.75) is 49.4 Å². The first-order chi connectivity index (χ1) is 21.2. The number of rotatable bonds is 7. The van der Waals surface area contributed by atoms with Gasteiger partial charge in [-0.3, -0.25) is 9.72 Å². The first-order valence-electron chi connectivity index (χ1n) is 14.3. The summed E-state index contributed by atoms with van der Waals surface area (Å²) < 4.78 is 3.65. The Kier molecular flexibility index (Phi) is 7.84. The van der Waals surface area contributed by atoms with Crippen molar-refractivity contribution in [2.24, 2.45) is 0 Å². The Balaban J connectivity index is 1.20. The molecule has 222 valence electrons. The van der Waals surface area contributed by atoms with Crippen molar-refractivity contribution in [3.63, 3.8) is 0 Å². The van der Waals surface area contributed by atoms with Gasteiger partial charge in [0.25, 0.3) is 0 Å². The highest BCUT2D eigenvalue weighted by Gasteiger charge is 2.22. The summed E-state index contributed by atoms with van der Waals surface area (Å²) in [4.78, 5) is 15.1. The van der Waals surface area contributed by atoms with Crippen molar-refractivity contribution in [1.82, 2.24) is 29.7 Å². The standard InChI is InChI=1S/C34H33N7O2S/c1-22-10-9-12-24(18-22)41-31(19-29(39-41)34(2,3)4)36-33(43)35-20-23-11-5-8-15-28(23)44-25-16-17-30-37-38-32(40(30)21-25)26-13-6-7-14-27(26)42/h5-19,21,42H,20H2,1-4H3,(H2,35,36,43). The molecule has 10 heteroatoms. The number of hydrogen-bond acceptors (Lipinski definition) is 6. The quantitative estimate of drug-likeness (QED) is 0.176. The number of para-hydroxylation sites is 1. The van der Waals surface area contributed by atoms with E-state index >= 15 is 0 Å². The molecule has 44 heavy (non-hydrogen) atoms. The van der Waals surface area contributed by atoms with Gasteiger partial charge in [-0.2, -0.15) is 5.10 Å². The molecule has 0 aliphatic heterocycles. The van der Waals surface area contributed by atoms with E-state index < -0.39 is 0 Å². The average molecular weight is 604 g/mol. The number of phenolic OH excluding ortho intramolecular Hbond substituents is 1. The lowest BCUT2D eigenvalue weighted by Crippen LogP contribution is -2.29. The Morgan fingerprint density at radius 1 is 0.932 bits per heavy atom. The Bertz CT molecular complexity index is 1970. The largest absolute Gasteiger partial charge is 0.507 e. The number of nitrogens with zero attached hydrogens (tertiary/aromatic N) is 5. The molecule has 6 rings (SSSR count). The molecule has 0 spiro atoms. The summed E-state index contributed by atoms with van der Waals surface area (Å²) in [5.41, 5.74) is 4.95. The number of aromatic nitrogens is 5. The molecule has 0 unspecified atom stereocenters. The number of fused-ring (bicyclic) bond motifs is 1. The van der Waals surface area contributed by atoms with Gasteiger partial charge in [-0.05, 0) is 60.5 Å². The van der Waals surface area contributed by atoms with Crippen molar-refractivity contribution < 1.29 is 9.90 Å². The van der Waals surface area contributed by atoms with Crippen molar-refractivity contribution in [3.8, 4) is 22.8 Å². The molecule has 3 heterocycles. The van der Waals surface area contributed by atoms with E-state index in [0.29, 0.717) is 29.4 Å². The van der Waals surface area contributed by atoms with Crippen LogP contribution in [0.3, 0.4) is 0 Å². The van der Waals surface area contributed by atoms with Crippen LogP contribution in [0.15, 0.2) is 107 Å². The summed E-state index contributed by atoms with van der Waals surface area (Å²) in [6, 6.07) is 28.6. The SMILES string of the molecule is Cc1cccc(-n2nc(C(C)(C)C)cc2NC(=O)NCc2ccccc2Sc2ccc3nnc(-c4ccccc4O)n3c2)c1. The van der Waals surface area contributed by atoms with Gasteiger partial charge < -0.3 is 10.4 Å². The molecule has 3 aromatic heterocycles. The van der Waals surface area contributed by atoms with E-state index in [2.05, 4.69) is 41.6 Å². The third kappa shape index (κ3) is 6.16. The van der Waals surface area contributed by atoms with Gasteiger partial charge in [-0.1, -0.05) is 75.0 Å². The number of aryl methyl sites for hydroxylation is 1. The van der Waals surface area contributed by atoms with Crippen LogP contribution in [0.2, 0.25) is 0 Å². The zero-order chi connectivity index (χ0) is 30.8. The number of amides is 2. The minimum atomic E-state index is -0.322. The monoisotopic (exact) mass is 603 g/mol. The van der Waals surface area contributed by atoms with Crippen LogP contribution in [0.4, 0.5) is 10.6 Å². The number of benzene rings is 3. The molecule has 0 aliphatic rings. The maximum Gasteiger partial charge on any atom is 0.320 e. The Labute approximate surface area is 260 Å². The van der Waals surface area contributed by atoms with Crippen LogP contribution < -0.4 is 10.6 Å². The van der Waals surface area contributed by atoms with E-state index in [4.69, 9.17) is 5.10 Å². The fourth-order valence-corrected chi connectivity index (χ4v) is 5.75. The fourth-order valence-electron chi connectivity index (χ4n) is 4.78. The molecule has 0 radical (unpaired) electrons. The lowest BCUT2D eigenvalue weighted by atomic mass is 9.92. The number of phenols is 1. The highest BCUT2D eigenvalue weighted by Crippen LogP contribution is 2.33. The van der Waals surface area contributed by atoms with Crippen LogP contribution >= 0.6 is 11.8 Å². The molecular weight excluding hydrogens is 570 g/mol. The number of pyridine rings is 1. The zero-order valence-corrected chi connectivity index (χ0v) is 25.8. The number of carbonyl (C=O) groups is 1. The van der Waals surface area contributed by atoms with Gasteiger partial charge in [-0.15, -0.1) is 10.2 Å². The van der Waals surface area contributed by atoms with E-state index in [-0.39, 0.29) is 17.2 Å². The van der Waals surface area contributed by atoms with Gasteiger partial charge in [0.2, 0.25) is 0 Å². The van der Waals surface area contributed by atoms with Crippen molar-refractivity contribution >= 4 is 29.3 Å². The maximum atomic E-state index is 13.2. The average Bonchev–Trinajstić information content (AvgIpc) is 3.61. The number of anilines is 1. The second kappa shape index (κ2) is 11.9. The molecule has 0 atom stereocenters. The summed E-state index contributed by atoms with van der Waals surface area (Å²) in [6.45, 7) is 8.66. The summed E-state index contributed by atoms with van der Waals surface area (Å²) >= 11 is 1.58. The van der Waals surface area contributed by atoms with E-state index in [1.54, 1.807) is 28.6 Å². The van der Waals surface area contributed by atoms with E-state index in [1.165, 1.54) is 0 Å². The van der Waals surface area contributed by atoms with E-state index in [9.17, 15) is 9.90 Å². The number of carbonyl (C=O) groups excluding carboxylic acids is 1. The molecule has 0 saturated heterocycles. The molecular formula is C34H33N7O2S. The molecule has 0 fully saturated rings. The number of nitrogens with one attached hydrogen (secondary N) is 2. The molecule has 0 aliphatic carbocycles. The van der Waals surface area contributed by atoms with Crippen molar-refractivity contribution in [2.75, 3.05) is 5.32 Å². The van der Waals surface area contributed by atoms with E-state index in [0.717, 1.165) is 32.3 Å². The molecule has 6 aromatic rings. The van der Waals surface area contributed by atoms with Gasteiger partial charge in [0.05, 0.1) is 16.9 Å². The topological polar surface area (TPSA) is 109 Å². The first-order valence-corrected chi connectivity index (χ1v) is 15.1. The van der Waals surface area contributed by atoms with Gasteiger partial charge in [-0.25, -0.2) is 9.48 Å². The van der Waals surface area contributed by atoms with Crippen LogP contribution in [-0.2, 0) is 12.0 Å². The number of hydrogen-bond donors (Lipinski definition) is 3. The Morgan fingerprint density at radius 3 is 2.52 bits per heavy atom. The van der Waals surface area contributed by atoms with Crippen LogP contribution in [-0.4, -0.2) is 35.5 Å². The van der Waals surface area contributed by atoms with Gasteiger partial charge >= 0.3 is 6.03 Å². The lowest BCUT2D eigenvalue weighted by Gasteiger charge is -2.14. The molecule has 0 bridgehead atoms. The minimum Gasteiger partial charge on any atom is -0.507 e. The summed E-state index contributed by atoms with van der Waals surface area (Å²) in [6.07, 6.45) is 1.96. The highest BCUT2D eigenvalue weighted by atomic mass is 32.2. The van der Waals surface area contributed by atoms with E-state index in [1.807, 2.05) is 96.4 Å². The minimum absolute atomic E-state index is 0.145. The summed E-state index contributed by atoms with van der Waals surface area (Å²) in [5, 5.41) is 29.8. The third-order valence-corrected chi connectivity index (χ3v) is 8.22. The molecule has 2 amide bonds. The number of urea groups is 1. The molecule has 9 nitrogen and oxygen atoms in total. The smallest absolute Gasteiger partial charge is 0.320 e. The zero-order valence-electron chi connectivity index (χ0n) is 24.9. The second-order valence-electron chi connectivity index (χ2n) is 11.6. The Morgan fingerprint density at radius 2 is 1.73 bits per heavy atom. The van der Waals surface area contributed by atoms with Gasteiger partial charge in [0.15, 0.2) is 11.5 Å². The maximum absolute atomic E-state index is 13.2. The normalized spacial score (nSPS) is 11.5. The number of aromatic hydroxyl groups is 1. The van der Waals surface area contributed by atoms with Gasteiger partial charge in [0, 0.05) is 34.0 Å². The van der Waals surface area contributed by atoms with Crippen LogP contribution in [0.25, 0.3) is 22.7 Å². The summed E-state index contributed by atoms with van der Waals surface area (Å²) in [7, 11) is 0. The van der Waals surface area contributed by atoms with Gasteiger partial charge in [0.1, 0.15) is 11.6 Å². The fraction of sp³-hybridized carbons (Fsp3) is 0.176. The lowest BCUT2D eigenvalue weighted by molar-refractivity contribution is 0.251. The van der Waals surface area contributed by atoms with Crippen LogP contribution in [0.1, 0.15) is 37.6 Å². The molecule has 0 saturated carbocycles. The predicted molar refractivity (Wildman–Crippen MR) is 174 cm³/mol. The van der Waals surface area contributed by atoms with Crippen LogP contribution in [0.5, 0.6) is 5.75 Å². The predicted octanol–water partition coefficient (Wildman–Crippen LogP) is 7.37. The molecule has 3 aromatic carbocycles. The molecule has 3 N–H and O–H groups in total. The highest BCUT2D eigenvalue weighted by molar-refractivity contribution is 7.99. The Hall–Kier alpha value is -5.09. The van der Waals surface area contributed by atoms with Crippen LogP contribution in [0, 0.1) is 6.92 Å². The summed E-state index contributed by atoms with van der Waals surface area (Å²) in [5.74, 6) is 1.31. The van der Waals surface area contributed by atoms with Crippen molar-refractivity contribution in [1.29, 1.82) is 0 Å². The third-order valence-electron chi connectivity index (χ3n) is 7.13. The first kappa shape index (κ1) is 29.0. The van der Waals surface area contributed by atoms with Crippen molar-refractivity contribution in [3.05, 3.63) is 114 Å². The second-order valence-corrected chi connectivity index (χ2v) is 12.7.